The van der Waals surface area contributed by atoms with Crippen molar-refractivity contribution in [3.8, 4) is 0 Å². The predicted octanol–water partition coefficient (Wildman–Crippen LogP) is 2.98. The van der Waals surface area contributed by atoms with Crippen molar-refractivity contribution in [3.05, 3.63) is 0 Å². The third-order valence-electron chi connectivity index (χ3n) is 0.610. The fourth-order valence-electron chi connectivity index (χ4n) is 0.273. The minimum Gasteiger partial charge on any atom is -0.254 e. The smallest absolute Gasteiger partial charge is 0.254 e. The predicted molar refractivity (Wildman–Crippen MR) is 38.6 cm³/mol. The van der Waals surface area contributed by atoms with E-state index >= 15 is 0 Å². The van der Waals surface area contributed by atoms with Gasteiger partial charge in [0.1, 0.15) is 0 Å². The first-order valence-electron chi connectivity index (χ1n) is 2.41. The van der Waals surface area contributed by atoms with Crippen LogP contribution in [0.15, 0.2) is 0 Å². The van der Waals surface area contributed by atoms with Crippen molar-refractivity contribution in [1.82, 2.24) is 0 Å². The first-order chi connectivity index (χ1) is 4.83. The van der Waals surface area contributed by atoms with Gasteiger partial charge >= 0.3 is 12.2 Å². The molecule has 0 aromatic rings. The lowest BCUT2D eigenvalue weighted by atomic mass is 10.7. The maximum Gasteiger partial charge on any atom is 0.369 e. The highest BCUT2D eigenvalue weighted by Crippen LogP contribution is 2.29. The summed E-state index contributed by atoms with van der Waals surface area (Å²) in [6.45, 7) is 0. The van der Waals surface area contributed by atoms with Crippen LogP contribution in [0.1, 0.15) is 0 Å². The molecule has 0 aliphatic carbocycles. The highest BCUT2D eigenvalue weighted by molar-refractivity contribution is 9.09. The van der Waals surface area contributed by atoms with Crippen molar-refractivity contribution in [2.75, 3.05) is 10.7 Å². The molecule has 0 bridgehead atoms. The van der Waals surface area contributed by atoms with Gasteiger partial charge < -0.3 is 0 Å². The molecule has 0 radical (unpaired) electrons. The van der Waals surface area contributed by atoms with E-state index in [4.69, 9.17) is 0 Å². The molecule has 1 nitrogen and oxygen atoms in total. The minimum absolute atomic E-state index is 0.956. The van der Waals surface area contributed by atoms with Gasteiger partial charge in [-0.25, -0.2) is 0 Å². The first-order valence-corrected chi connectivity index (χ1v) is 4.65. The van der Waals surface area contributed by atoms with Crippen molar-refractivity contribution in [2.45, 2.75) is 12.2 Å². The molecular formula is C4H4Br2F4O. The third kappa shape index (κ3) is 4.97. The summed E-state index contributed by atoms with van der Waals surface area (Å²) in [5.74, 6) is 0. The Labute approximate surface area is 77.3 Å². The van der Waals surface area contributed by atoms with E-state index in [0.717, 1.165) is 0 Å². The van der Waals surface area contributed by atoms with Gasteiger partial charge in [-0.1, -0.05) is 31.9 Å². The van der Waals surface area contributed by atoms with Crippen molar-refractivity contribution < 1.29 is 22.3 Å². The van der Waals surface area contributed by atoms with Gasteiger partial charge in [0.05, 0.1) is 10.7 Å². The van der Waals surface area contributed by atoms with Crippen LogP contribution in [-0.4, -0.2) is 22.9 Å². The summed E-state index contributed by atoms with van der Waals surface area (Å²) in [5, 5.41) is -1.91. The number of rotatable bonds is 4. The van der Waals surface area contributed by atoms with E-state index in [0.29, 0.717) is 0 Å². The summed E-state index contributed by atoms with van der Waals surface area (Å²) in [7, 11) is 0. The summed E-state index contributed by atoms with van der Waals surface area (Å²) < 4.78 is 51.4. The molecule has 7 heteroatoms. The Morgan fingerprint density at radius 1 is 0.909 bits per heavy atom. The quantitative estimate of drug-likeness (QED) is 0.573. The van der Waals surface area contributed by atoms with Crippen molar-refractivity contribution in [1.29, 1.82) is 0 Å². The van der Waals surface area contributed by atoms with Gasteiger partial charge in [0.25, 0.3) is 0 Å². The fraction of sp³-hybridized carbons (Fsp3) is 1.00. The number of alkyl halides is 6. The van der Waals surface area contributed by atoms with Crippen LogP contribution < -0.4 is 0 Å². The number of hydrogen-bond acceptors (Lipinski definition) is 1. The maximum atomic E-state index is 12.1. The summed E-state index contributed by atoms with van der Waals surface area (Å²) in [4.78, 5) is 0. The van der Waals surface area contributed by atoms with Crippen LogP contribution in [-0.2, 0) is 4.74 Å². The van der Waals surface area contributed by atoms with Gasteiger partial charge in [0.15, 0.2) is 0 Å². The monoisotopic (exact) mass is 302 g/mol. The van der Waals surface area contributed by atoms with Gasteiger partial charge in [-0.2, -0.15) is 17.6 Å². The molecule has 0 rings (SSSR count). The average molecular weight is 304 g/mol. The summed E-state index contributed by atoms with van der Waals surface area (Å²) in [6.07, 6.45) is -7.67. The van der Waals surface area contributed by atoms with E-state index in [2.05, 4.69) is 36.6 Å². The fourth-order valence-corrected chi connectivity index (χ4v) is 0.502. The second-order valence-corrected chi connectivity index (χ2v) is 2.77. The molecular weight excluding hydrogens is 300 g/mol. The summed E-state index contributed by atoms with van der Waals surface area (Å²) >= 11 is 4.66. The van der Waals surface area contributed by atoms with Crippen LogP contribution >= 0.6 is 31.9 Å². The largest absolute Gasteiger partial charge is 0.369 e. The highest BCUT2D eigenvalue weighted by Gasteiger charge is 2.42. The molecule has 0 aromatic carbocycles. The van der Waals surface area contributed by atoms with E-state index in [9.17, 15) is 17.6 Å². The lowest BCUT2D eigenvalue weighted by molar-refractivity contribution is -0.354. The standard InChI is InChI=1S/C4H4Br2F4O/c5-1-3(7,8)11-4(9,10)2-6/h1-2H2. The van der Waals surface area contributed by atoms with Crippen molar-refractivity contribution in [3.63, 3.8) is 0 Å². The van der Waals surface area contributed by atoms with Gasteiger partial charge in [-0.3, -0.25) is 4.74 Å². The van der Waals surface area contributed by atoms with Crippen LogP contribution in [0, 0.1) is 0 Å². The normalized spacial score (nSPS) is 13.6. The molecule has 0 saturated heterocycles. The SMILES string of the molecule is FC(F)(CBr)OC(F)(F)CBr. The Bertz CT molecular complexity index is 115. The topological polar surface area (TPSA) is 9.23 Å². The van der Waals surface area contributed by atoms with Crippen molar-refractivity contribution >= 4 is 31.9 Å². The molecule has 11 heavy (non-hydrogen) atoms. The molecule has 0 aliphatic heterocycles. The van der Waals surface area contributed by atoms with Crippen LogP contribution in [0.2, 0.25) is 0 Å². The van der Waals surface area contributed by atoms with E-state index in [1.807, 2.05) is 0 Å². The minimum atomic E-state index is -3.84. The summed E-state index contributed by atoms with van der Waals surface area (Å²) in [5.41, 5.74) is 0. The molecule has 0 spiro atoms. The zero-order valence-electron chi connectivity index (χ0n) is 5.09. The zero-order valence-corrected chi connectivity index (χ0v) is 8.26. The van der Waals surface area contributed by atoms with Gasteiger partial charge in [0, 0.05) is 0 Å². The Hall–Kier alpha value is 0.640. The van der Waals surface area contributed by atoms with Crippen LogP contribution in [0.25, 0.3) is 0 Å². The molecule has 0 amide bonds. The third-order valence-corrected chi connectivity index (χ3v) is 1.92. The molecule has 68 valence electrons. The highest BCUT2D eigenvalue weighted by atomic mass is 79.9. The van der Waals surface area contributed by atoms with E-state index in [-0.39, 0.29) is 0 Å². The van der Waals surface area contributed by atoms with Gasteiger partial charge in [-0.05, 0) is 0 Å². The molecule has 0 aromatic heterocycles. The second-order valence-electron chi connectivity index (χ2n) is 1.64. The van der Waals surface area contributed by atoms with Crippen LogP contribution in [0.4, 0.5) is 17.6 Å². The van der Waals surface area contributed by atoms with Crippen LogP contribution in [0.5, 0.6) is 0 Å². The average Bonchev–Trinajstić information content (AvgIpc) is 1.86. The van der Waals surface area contributed by atoms with E-state index in [1.54, 1.807) is 0 Å². The van der Waals surface area contributed by atoms with Crippen LogP contribution in [0.3, 0.4) is 0 Å². The first kappa shape index (κ1) is 11.6. The Morgan fingerprint density at radius 2 is 1.18 bits per heavy atom. The molecule has 0 aliphatic rings. The van der Waals surface area contributed by atoms with Crippen molar-refractivity contribution in [2.24, 2.45) is 0 Å². The van der Waals surface area contributed by atoms with Gasteiger partial charge in [-0.15, -0.1) is 0 Å². The number of halogens is 6. The molecule has 0 unspecified atom stereocenters. The van der Waals surface area contributed by atoms with E-state index < -0.39 is 22.9 Å². The lowest BCUT2D eigenvalue weighted by Gasteiger charge is -2.20. The molecule has 0 fully saturated rings. The Balaban J connectivity index is 4.02. The lowest BCUT2D eigenvalue weighted by Crippen LogP contribution is -2.35. The second kappa shape index (κ2) is 4.04. The Morgan fingerprint density at radius 3 is 1.36 bits per heavy atom. The molecule has 0 heterocycles. The number of ether oxygens (including phenoxy) is 1. The number of hydrogen-bond donors (Lipinski definition) is 0. The molecule has 0 N–H and O–H groups in total. The molecule has 0 saturated carbocycles. The summed E-state index contributed by atoms with van der Waals surface area (Å²) in [6, 6.07) is 0. The van der Waals surface area contributed by atoms with E-state index in [1.165, 1.54) is 0 Å². The molecule has 0 atom stereocenters. The maximum absolute atomic E-state index is 12.1. The van der Waals surface area contributed by atoms with Gasteiger partial charge in [0.2, 0.25) is 0 Å². The zero-order chi connectivity index (χ0) is 9.12. The Kier molecular flexibility index (Phi) is 4.28.